The van der Waals surface area contributed by atoms with E-state index in [2.05, 4.69) is 54.3 Å². The van der Waals surface area contributed by atoms with Gasteiger partial charge >= 0.3 is 0 Å². The molecule has 1 aliphatic heterocycles. The Labute approximate surface area is 187 Å². The average molecular weight is 438 g/mol. The van der Waals surface area contributed by atoms with E-state index in [-0.39, 0.29) is 46.4 Å². The van der Waals surface area contributed by atoms with Gasteiger partial charge in [-0.15, -0.1) is 0 Å². The van der Waals surface area contributed by atoms with E-state index in [0.29, 0.717) is 5.69 Å². The van der Waals surface area contributed by atoms with Crippen molar-refractivity contribution in [3.05, 3.63) is 53.8 Å². The van der Waals surface area contributed by atoms with Crippen LogP contribution in [0, 0.1) is 29.6 Å². The summed E-state index contributed by atoms with van der Waals surface area (Å²) >= 11 is 0. The average Bonchev–Trinajstić information content (AvgIpc) is 2.95. The molecule has 1 saturated carbocycles. The summed E-state index contributed by atoms with van der Waals surface area (Å²) in [5.74, 6) is 0.286. The van der Waals surface area contributed by atoms with Crippen molar-refractivity contribution in [2.75, 3.05) is 4.90 Å². The number of amides is 2. The highest BCUT2D eigenvalue weighted by Gasteiger charge is 2.64. The van der Waals surface area contributed by atoms with Gasteiger partial charge in [0.05, 0.1) is 23.3 Å². The molecular formula is C26H35NO3Si. The Bertz CT molecular complexity index is 972. The fourth-order valence-electron chi connectivity index (χ4n) is 5.48. The van der Waals surface area contributed by atoms with E-state index in [9.17, 15) is 9.59 Å². The molecule has 1 saturated heterocycles. The van der Waals surface area contributed by atoms with Gasteiger partial charge in [0.25, 0.3) is 0 Å². The van der Waals surface area contributed by atoms with Crippen LogP contribution in [0.3, 0.4) is 0 Å². The predicted molar refractivity (Wildman–Crippen MR) is 127 cm³/mol. The maximum absolute atomic E-state index is 13.7. The van der Waals surface area contributed by atoms with Gasteiger partial charge in [-0.25, -0.2) is 0 Å². The highest BCUT2D eigenvalue weighted by atomic mass is 28.4. The molecule has 4 aliphatic rings. The number of carbonyl (C=O) groups excluding carboxylic acids is 2. The fraction of sp³-hybridized carbons (Fsp3) is 0.538. The number of nitrogens with zero attached hydrogens (tertiary/aromatic N) is 1. The first kappa shape index (κ1) is 22.1. The number of para-hydroxylation sites is 1. The van der Waals surface area contributed by atoms with Crippen LogP contribution in [0.15, 0.2) is 53.8 Å². The quantitative estimate of drug-likeness (QED) is 0.333. The summed E-state index contributed by atoms with van der Waals surface area (Å²) < 4.78 is 6.90. The second-order valence-corrected chi connectivity index (χ2v) is 15.9. The van der Waals surface area contributed by atoms with Gasteiger partial charge in [-0.1, -0.05) is 51.1 Å². The number of carbonyl (C=O) groups is 2. The highest BCUT2D eigenvalue weighted by Crippen LogP contribution is 2.60. The molecule has 0 unspecified atom stereocenters. The molecule has 5 atom stereocenters. The largest absolute Gasteiger partial charge is 0.546 e. The molecule has 2 fully saturated rings. The van der Waals surface area contributed by atoms with E-state index in [1.807, 2.05) is 30.3 Å². The topological polar surface area (TPSA) is 46.6 Å². The van der Waals surface area contributed by atoms with Gasteiger partial charge in [-0.3, -0.25) is 14.5 Å². The van der Waals surface area contributed by atoms with E-state index in [4.69, 9.17) is 4.43 Å². The molecule has 31 heavy (non-hydrogen) atoms. The maximum Gasteiger partial charge on any atom is 0.250 e. The molecule has 0 N–H and O–H groups in total. The van der Waals surface area contributed by atoms with Crippen LogP contribution in [0.25, 0.3) is 0 Å². The van der Waals surface area contributed by atoms with Crippen LogP contribution in [0.5, 0.6) is 0 Å². The van der Waals surface area contributed by atoms with Gasteiger partial charge in [0, 0.05) is 5.92 Å². The van der Waals surface area contributed by atoms with E-state index in [1.54, 1.807) is 0 Å². The maximum atomic E-state index is 13.7. The van der Waals surface area contributed by atoms with Gasteiger partial charge in [0.1, 0.15) is 0 Å². The van der Waals surface area contributed by atoms with Crippen molar-refractivity contribution in [2.24, 2.45) is 29.6 Å². The molecule has 1 aromatic rings. The molecule has 2 amide bonds. The number of hydrogen-bond donors (Lipinski definition) is 0. The van der Waals surface area contributed by atoms with Crippen molar-refractivity contribution in [3.63, 3.8) is 0 Å². The zero-order valence-corrected chi connectivity index (χ0v) is 20.9. The van der Waals surface area contributed by atoms with Gasteiger partial charge in [-0.2, -0.15) is 0 Å². The standard InChI is InChI=1S/C26H35NO3Si/c1-15(2)18-14-19-16(3)23(30-31(7,8)26(4,5)6)20(18)22-21(19)24(28)27(25(22)29)17-12-10-9-11-13-17/h9-13,18-22H,1,14H2,2-8H3/t18-,19+,20+,21-,22+/m0/s1. The van der Waals surface area contributed by atoms with Gasteiger partial charge in [0.2, 0.25) is 20.1 Å². The molecule has 0 aromatic heterocycles. The van der Waals surface area contributed by atoms with E-state index >= 15 is 0 Å². The van der Waals surface area contributed by atoms with Gasteiger partial charge in [0.15, 0.2) is 0 Å². The molecule has 2 bridgehead atoms. The Kier molecular flexibility index (Phi) is 5.12. The minimum Gasteiger partial charge on any atom is -0.546 e. The van der Waals surface area contributed by atoms with Crippen LogP contribution in [-0.2, 0) is 14.0 Å². The molecule has 5 rings (SSSR count). The smallest absolute Gasteiger partial charge is 0.250 e. The number of benzene rings is 1. The van der Waals surface area contributed by atoms with Crippen LogP contribution in [0.2, 0.25) is 18.1 Å². The number of anilines is 1. The normalized spacial score (nSPS) is 30.7. The summed E-state index contributed by atoms with van der Waals surface area (Å²) in [6, 6.07) is 9.34. The molecule has 3 aliphatic carbocycles. The van der Waals surface area contributed by atoms with Gasteiger partial charge in [-0.05, 0) is 67.9 Å². The lowest BCUT2D eigenvalue weighted by atomic mass is 9.54. The molecule has 1 aromatic carbocycles. The number of rotatable bonds is 4. The first-order valence-corrected chi connectivity index (χ1v) is 14.3. The minimum absolute atomic E-state index is 0.0293. The molecule has 5 heteroatoms. The zero-order chi connectivity index (χ0) is 22.9. The molecular weight excluding hydrogens is 402 g/mol. The lowest BCUT2D eigenvalue weighted by molar-refractivity contribution is -0.127. The Hall–Kier alpha value is -2.14. The van der Waals surface area contributed by atoms with Crippen LogP contribution in [0.1, 0.15) is 41.0 Å². The molecule has 0 spiro atoms. The second-order valence-electron chi connectivity index (χ2n) is 11.1. The third kappa shape index (κ3) is 3.24. The van der Waals surface area contributed by atoms with E-state index in [0.717, 1.165) is 17.8 Å². The number of imide groups is 1. The number of hydrogen-bond acceptors (Lipinski definition) is 3. The first-order chi connectivity index (χ1) is 14.4. The van der Waals surface area contributed by atoms with Crippen molar-refractivity contribution in [3.8, 4) is 0 Å². The van der Waals surface area contributed by atoms with Crippen molar-refractivity contribution in [1.29, 1.82) is 0 Å². The zero-order valence-electron chi connectivity index (χ0n) is 19.9. The monoisotopic (exact) mass is 437 g/mol. The summed E-state index contributed by atoms with van der Waals surface area (Å²) in [5.41, 5.74) is 2.92. The molecule has 1 heterocycles. The Balaban J connectivity index is 1.81. The number of allylic oxidation sites excluding steroid dienone is 3. The Morgan fingerprint density at radius 3 is 2.19 bits per heavy atom. The van der Waals surface area contributed by atoms with Gasteiger partial charge < -0.3 is 4.43 Å². The number of fused-ring (bicyclic) bond motifs is 1. The lowest BCUT2D eigenvalue weighted by Crippen LogP contribution is -2.51. The van der Waals surface area contributed by atoms with Crippen LogP contribution in [0.4, 0.5) is 5.69 Å². The summed E-state index contributed by atoms with van der Waals surface area (Å²) in [7, 11) is -2.10. The molecule has 4 nitrogen and oxygen atoms in total. The minimum atomic E-state index is -2.10. The highest BCUT2D eigenvalue weighted by molar-refractivity contribution is 6.74. The Morgan fingerprint density at radius 1 is 1.06 bits per heavy atom. The summed E-state index contributed by atoms with van der Waals surface area (Å²) in [6.07, 6.45) is 0.874. The summed E-state index contributed by atoms with van der Waals surface area (Å²) in [5, 5.41) is 0.0562. The van der Waals surface area contributed by atoms with Crippen molar-refractivity contribution < 1.29 is 14.0 Å². The predicted octanol–water partition coefficient (Wildman–Crippen LogP) is 5.93. The third-order valence-corrected chi connectivity index (χ3v) is 12.6. The van der Waals surface area contributed by atoms with Crippen molar-refractivity contribution >= 4 is 25.8 Å². The SMILES string of the molecule is C=C(C)[C@@H]1C[C@@H]2C(C)=C(O[Si](C)(C)C(C)(C)C)[C@H]1[C@H]1C(=O)N(c3ccccc3)C(=O)[C@H]12. The van der Waals surface area contributed by atoms with Crippen LogP contribution < -0.4 is 4.90 Å². The van der Waals surface area contributed by atoms with E-state index < -0.39 is 8.32 Å². The molecule has 0 radical (unpaired) electrons. The Morgan fingerprint density at radius 2 is 1.65 bits per heavy atom. The third-order valence-electron chi connectivity index (χ3n) is 8.23. The van der Waals surface area contributed by atoms with E-state index in [1.165, 1.54) is 10.5 Å². The fourth-order valence-corrected chi connectivity index (χ4v) is 6.64. The summed E-state index contributed by atoms with van der Waals surface area (Å²) in [6.45, 7) is 19.6. The lowest BCUT2D eigenvalue weighted by Gasteiger charge is -2.52. The summed E-state index contributed by atoms with van der Waals surface area (Å²) in [4.78, 5) is 28.7. The van der Waals surface area contributed by atoms with Crippen LogP contribution in [-0.4, -0.2) is 20.1 Å². The van der Waals surface area contributed by atoms with Crippen molar-refractivity contribution in [1.82, 2.24) is 0 Å². The van der Waals surface area contributed by atoms with Crippen molar-refractivity contribution in [2.45, 2.75) is 59.2 Å². The first-order valence-electron chi connectivity index (χ1n) is 11.3. The molecule has 166 valence electrons. The van der Waals surface area contributed by atoms with Crippen LogP contribution >= 0.6 is 0 Å². The second kappa shape index (κ2) is 7.19.